The zero-order chi connectivity index (χ0) is 18.8. The molecule has 2 aromatic heterocycles. The van der Waals surface area contributed by atoms with Gasteiger partial charge in [-0.05, 0) is 52.3 Å². The van der Waals surface area contributed by atoms with Gasteiger partial charge in [-0.1, -0.05) is 0 Å². The van der Waals surface area contributed by atoms with E-state index in [1.807, 2.05) is 0 Å². The average Bonchev–Trinajstić information content (AvgIpc) is 3.19. The lowest BCUT2D eigenvalue weighted by molar-refractivity contribution is 0.103. The van der Waals surface area contributed by atoms with Crippen LogP contribution in [0.15, 0.2) is 27.7 Å². The zero-order valence-corrected chi connectivity index (χ0v) is 16.1. The first kappa shape index (κ1) is 18.1. The van der Waals surface area contributed by atoms with Crippen LogP contribution in [0.5, 0.6) is 5.75 Å². The third kappa shape index (κ3) is 3.32. The van der Waals surface area contributed by atoms with Crippen LogP contribution in [-0.2, 0) is 13.6 Å². The van der Waals surface area contributed by atoms with Crippen LogP contribution in [0.3, 0.4) is 0 Å². The number of carbonyl (C=O) groups excluding carboxylic acids is 1. The molecule has 26 heavy (non-hydrogen) atoms. The smallest absolute Gasteiger partial charge is 0.277 e. The van der Waals surface area contributed by atoms with Crippen molar-refractivity contribution in [1.82, 2.24) is 30.0 Å². The highest BCUT2D eigenvalue weighted by atomic mass is 79.9. The van der Waals surface area contributed by atoms with Gasteiger partial charge in [-0.2, -0.15) is 0 Å². The first-order valence-corrected chi connectivity index (χ1v) is 8.62. The molecule has 0 aliphatic heterocycles. The Hall–Kier alpha value is -2.75. The molecule has 3 aromatic rings. The van der Waals surface area contributed by atoms with Crippen molar-refractivity contribution in [2.24, 2.45) is 7.05 Å². The minimum atomic E-state index is -0.351. The predicted molar refractivity (Wildman–Crippen MR) is 96.4 cm³/mol. The van der Waals surface area contributed by atoms with E-state index in [1.54, 1.807) is 37.7 Å². The number of aromatic amines is 1. The van der Waals surface area contributed by atoms with Crippen molar-refractivity contribution in [3.05, 3.63) is 55.7 Å². The molecule has 0 spiro atoms. The van der Waals surface area contributed by atoms with Gasteiger partial charge < -0.3 is 4.74 Å². The summed E-state index contributed by atoms with van der Waals surface area (Å²) in [5.41, 5.74) is 1.40. The molecule has 1 aromatic carbocycles. The summed E-state index contributed by atoms with van der Waals surface area (Å²) in [7, 11) is 1.58. The van der Waals surface area contributed by atoms with Crippen molar-refractivity contribution in [2.75, 3.05) is 6.61 Å². The van der Waals surface area contributed by atoms with Crippen LogP contribution in [0, 0.1) is 13.8 Å². The summed E-state index contributed by atoms with van der Waals surface area (Å²) in [6, 6.07) is 3.42. The normalized spacial score (nSPS) is 10.9. The Morgan fingerprint density at radius 2 is 2.12 bits per heavy atom. The van der Waals surface area contributed by atoms with Crippen LogP contribution in [0.25, 0.3) is 0 Å². The quantitative estimate of drug-likeness (QED) is 0.603. The van der Waals surface area contributed by atoms with E-state index in [0.29, 0.717) is 35.7 Å². The molecule has 0 amide bonds. The van der Waals surface area contributed by atoms with Crippen LogP contribution in [0.4, 0.5) is 0 Å². The second-order valence-corrected chi connectivity index (χ2v) is 6.63. The minimum Gasteiger partial charge on any atom is -0.490 e. The number of halogens is 1. The van der Waals surface area contributed by atoms with Gasteiger partial charge in [-0.15, -0.1) is 5.10 Å². The van der Waals surface area contributed by atoms with Gasteiger partial charge in [0.15, 0.2) is 0 Å². The number of carbonyl (C=O) groups is 1. The number of rotatable bonds is 6. The molecule has 0 unspecified atom stereocenters. The first-order chi connectivity index (χ1) is 12.4. The Kier molecular flexibility index (Phi) is 5.03. The number of tetrazole rings is 1. The molecule has 0 saturated heterocycles. The minimum absolute atomic E-state index is 0.137. The highest BCUT2D eigenvalue weighted by molar-refractivity contribution is 9.10. The first-order valence-electron chi connectivity index (χ1n) is 7.83. The molecule has 136 valence electrons. The number of hydrogen-bond donors (Lipinski definition) is 1. The number of H-pyrrole nitrogens is 1. The summed E-state index contributed by atoms with van der Waals surface area (Å²) < 4.78 is 9.39. The number of aromatic nitrogens is 6. The Labute approximate surface area is 157 Å². The Morgan fingerprint density at radius 3 is 2.73 bits per heavy atom. The molecule has 0 fully saturated rings. The van der Waals surface area contributed by atoms with Gasteiger partial charge in [-0.25, -0.2) is 4.68 Å². The van der Waals surface area contributed by atoms with E-state index in [1.165, 1.54) is 11.0 Å². The van der Waals surface area contributed by atoms with E-state index in [9.17, 15) is 9.59 Å². The summed E-state index contributed by atoms with van der Waals surface area (Å²) >= 11 is 3.44. The lowest BCUT2D eigenvalue weighted by atomic mass is 9.99. The van der Waals surface area contributed by atoms with Crippen LogP contribution >= 0.6 is 15.9 Å². The third-order valence-electron chi connectivity index (χ3n) is 4.02. The SMILES string of the molecule is Cc1[nH]n(C)c(=O)c1C(=O)c1ccc(Br)c(OCCn2cnnn2)c1C. The standard InChI is InChI=1S/C16H17BrN6O3/c1-9-11(14(24)13-10(2)19-22(3)16(13)25)4-5-12(17)15(9)26-7-6-23-8-18-20-21-23/h4-5,8,19H,6-7H2,1-3H3. The number of aryl methyl sites for hydroxylation is 2. The molecule has 2 heterocycles. The number of ether oxygens (including phenoxy) is 1. The maximum absolute atomic E-state index is 12.9. The number of nitrogens with zero attached hydrogens (tertiary/aromatic N) is 5. The van der Waals surface area contributed by atoms with Gasteiger partial charge in [-0.3, -0.25) is 19.4 Å². The monoisotopic (exact) mass is 420 g/mol. The maximum Gasteiger partial charge on any atom is 0.277 e. The van der Waals surface area contributed by atoms with Gasteiger partial charge in [0, 0.05) is 23.9 Å². The van der Waals surface area contributed by atoms with Gasteiger partial charge in [0.1, 0.15) is 24.2 Å². The second kappa shape index (κ2) is 7.24. The van der Waals surface area contributed by atoms with E-state index < -0.39 is 0 Å². The van der Waals surface area contributed by atoms with Crippen molar-refractivity contribution in [2.45, 2.75) is 20.4 Å². The average molecular weight is 421 g/mol. The van der Waals surface area contributed by atoms with E-state index in [4.69, 9.17) is 4.74 Å². The molecule has 0 bridgehead atoms. The molecule has 0 atom stereocenters. The number of ketones is 1. The molecule has 0 saturated carbocycles. The van der Waals surface area contributed by atoms with E-state index >= 15 is 0 Å². The molecule has 1 N–H and O–H groups in total. The number of nitrogens with one attached hydrogen (secondary N) is 1. The van der Waals surface area contributed by atoms with Crippen LogP contribution in [-0.4, -0.2) is 42.4 Å². The van der Waals surface area contributed by atoms with Gasteiger partial charge in [0.05, 0.1) is 11.0 Å². The molecule has 0 radical (unpaired) electrons. The lowest BCUT2D eigenvalue weighted by Gasteiger charge is -2.14. The second-order valence-electron chi connectivity index (χ2n) is 5.78. The zero-order valence-electron chi connectivity index (χ0n) is 14.5. The van der Waals surface area contributed by atoms with Gasteiger partial charge in [0.2, 0.25) is 5.78 Å². The van der Waals surface area contributed by atoms with Crippen molar-refractivity contribution in [3.8, 4) is 5.75 Å². The molecular weight excluding hydrogens is 404 g/mol. The van der Waals surface area contributed by atoms with Crippen LogP contribution < -0.4 is 10.3 Å². The Bertz CT molecular complexity index is 1010. The van der Waals surface area contributed by atoms with Crippen LogP contribution in [0.2, 0.25) is 0 Å². The van der Waals surface area contributed by atoms with Gasteiger partial charge >= 0.3 is 0 Å². The third-order valence-corrected chi connectivity index (χ3v) is 4.64. The summed E-state index contributed by atoms with van der Waals surface area (Å²) in [6.07, 6.45) is 1.50. The summed E-state index contributed by atoms with van der Waals surface area (Å²) in [4.78, 5) is 25.1. The molecule has 3 rings (SSSR count). The van der Waals surface area contributed by atoms with E-state index in [2.05, 4.69) is 36.6 Å². The fourth-order valence-corrected chi connectivity index (χ4v) is 3.24. The fourth-order valence-electron chi connectivity index (χ4n) is 2.69. The predicted octanol–water partition coefficient (Wildman–Crippen LogP) is 1.39. The van der Waals surface area contributed by atoms with E-state index in [-0.39, 0.29) is 16.9 Å². The number of hydrogen-bond acceptors (Lipinski definition) is 6. The molecule has 10 heteroatoms. The van der Waals surface area contributed by atoms with Crippen molar-refractivity contribution in [3.63, 3.8) is 0 Å². The Morgan fingerprint density at radius 1 is 1.35 bits per heavy atom. The van der Waals surface area contributed by atoms with E-state index in [0.717, 1.165) is 4.47 Å². The fraction of sp³-hybridized carbons (Fsp3) is 0.312. The summed E-state index contributed by atoms with van der Waals surface area (Å²) in [5, 5.41) is 13.7. The van der Waals surface area contributed by atoms with Crippen molar-refractivity contribution >= 4 is 21.7 Å². The topological polar surface area (TPSA) is 108 Å². The Balaban J connectivity index is 1.89. The summed E-state index contributed by atoms with van der Waals surface area (Å²) in [6.45, 7) is 4.28. The molecule has 0 aliphatic carbocycles. The molecular formula is C16H17BrN6O3. The summed E-state index contributed by atoms with van der Waals surface area (Å²) in [5.74, 6) is 0.216. The van der Waals surface area contributed by atoms with Crippen LogP contribution in [0.1, 0.15) is 27.2 Å². The largest absolute Gasteiger partial charge is 0.490 e. The maximum atomic E-state index is 12.9. The van der Waals surface area contributed by atoms with Crippen molar-refractivity contribution in [1.29, 1.82) is 0 Å². The molecule has 9 nitrogen and oxygen atoms in total. The highest BCUT2D eigenvalue weighted by Gasteiger charge is 2.23. The molecule has 0 aliphatic rings. The highest BCUT2D eigenvalue weighted by Crippen LogP contribution is 2.32. The number of benzene rings is 1. The lowest BCUT2D eigenvalue weighted by Crippen LogP contribution is -2.20. The van der Waals surface area contributed by atoms with Crippen molar-refractivity contribution < 1.29 is 9.53 Å². The van der Waals surface area contributed by atoms with Gasteiger partial charge in [0.25, 0.3) is 5.56 Å².